The van der Waals surface area contributed by atoms with Gasteiger partial charge < -0.3 is 10.6 Å². The van der Waals surface area contributed by atoms with Crippen LogP contribution in [0.25, 0.3) is 0 Å². The highest BCUT2D eigenvalue weighted by Gasteiger charge is 2.26. The third-order valence-corrected chi connectivity index (χ3v) is 4.55. The topological polar surface area (TPSA) is 90.9 Å². The van der Waals surface area contributed by atoms with E-state index in [0.29, 0.717) is 17.3 Å². The molecule has 0 saturated carbocycles. The highest BCUT2D eigenvalue weighted by Crippen LogP contribution is 2.17. The first-order chi connectivity index (χ1) is 13.9. The summed E-state index contributed by atoms with van der Waals surface area (Å²) in [6.07, 6.45) is 0.379. The summed E-state index contributed by atoms with van der Waals surface area (Å²) < 4.78 is 0. The van der Waals surface area contributed by atoms with E-state index in [1.165, 1.54) is 5.56 Å². The Morgan fingerprint density at radius 2 is 1.62 bits per heavy atom. The minimum absolute atomic E-state index is 0.136. The summed E-state index contributed by atoms with van der Waals surface area (Å²) in [6.45, 7) is 3.95. The zero-order valence-corrected chi connectivity index (χ0v) is 16.5. The fourth-order valence-corrected chi connectivity index (χ4v) is 2.90. The zero-order valence-electron chi connectivity index (χ0n) is 16.5. The lowest BCUT2D eigenvalue weighted by atomic mass is 10.0. The minimum Gasteiger partial charge on any atom is -0.324 e. The maximum Gasteiger partial charge on any atom is 0.271 e. The third-order valence-electron chi connectivity index (χ3n) is 4.55. The summed E-state index contributed by atoms with van der Waals surface area (Å²) in [5.41, 5.74) is 2.69. The van der Waals surface area contributed by atoms with E-state index in [1.54, 1.807) is 12.1 Å². The van der Waals surface area contributed by atoms with Crippen molar-refractivity contribution >= 4 is 34.8 Å². The van der Waals surface area contributed by atoms with Crippen molar-refractivity contribution in [3.63, 3.8) is 0 Å². The predicted molar refractivity (Wildman–Crippen MR) is 113 cm³/mol. The molecule has 2 aromatic carbocycles. The number of benzene rings is 2. The average Bonchev–Trinajstić information content (AvgIpc) is 2.70. The molecule has 0 fully saturated rings. The van der Waals surface area contributed by atoms with Crippen molar-refractivity contribution in [3.8, 4) is 0 Å². The summed E-state index contributed by atoms with van der Waals surface area (Å²) in [4.78, 5) is 36.9. The summed E-state index contributed by atoms with van der Waals surface area (Å²) in [6, 6.07) is 16.6. The first kappa shape index (κ1) is 20.3. The summed E-state index contributed by atoms with van der Waals surface area (Å²) in [7, 11) is 0. The summed E-state index contributed by atoms with van der Waals surface area (Å²) in [5, 5.41) is 10.7. The van der Waals surface area contributed by atoms with Gasteiger partial charge in [-0.3, -0.25) is 14.4 Å². The van der Waals surface area contributed by atoms with E-state index in [0.717, 1.165) is 5.01 Å². The molecule has 2 aromatic rings. The van der Waals surface area contributed by atoms with Gasteiger partial charge in [0.2, 0.25) is 11.8 Å². The second-order valence-corrected chi connectivity index (χ2v) is 7.14. The number of carbonyl (C=O) groups is 3. The number of carbonyl (C=O) groups excluding carboxylic acids is 3. The molecular formula is C22H24N4O3. The molecule has 29 heavy (non-hydrogen) atoms. The molecule has 1 aliphatic rings. The fraction of sp³-hybridized carbons (Fsp3) is 0.273. The standard InChI is InChI=1S/C22H24N4O3/c1-15(2)16-8-10-18(11-9-16)23-20(27)14-26-21(28)13-12-19(25-26)22(29)24-17-6-4-3-5-7-17/h3-11,15H,12-14H2,1-2H3,(H,23,27)(H,24,29). The SMILES string of the molecule is CC(C)c1ccc(NC(=O)CN2N=C(C(=O)Nc3ccccc3)CCC2=O)cc1. The lowest BCUT2D eigenvalue weighted by Gasteiger charge is -2.22. The number of para-hydroxylation sites is 1. The first-order valence-electron chi connectivity index (χ1n) is 9.56. The van der Waals surface area contributed by atoms with Crippen LogP contribution in [0.5, 0.6) is 0 Å². The molecule has 3 amide bonds. The number of rotatable bonds is 6. The Bertz CT molecular complexity index is 921. The zero-order chi connectivity index (χ0) is 20.8. The Balaban J connectivity index is 1.62. The molecule has 0 aliphatic carbocycles. The molecular weight excluding hydrogens is 368 g/mol. The van der Waals surface area contributed by atoms with Crippen LogP contribution in [0.15, 0.2) is 59.7 Å². The molecule has 1 aliphatic heterocycles. The van der Waals surface area contributed by atoms with Gasteiger partial charge in [-0.05, 0) is 35.7 Å². The molecule has 0 atom stereocenters. The fourth-order valence-electron chi connectivity index (χ4n) is 2.90. The lowest BCUT2D eigenvalue weighted by Crippen LogP contribution is -2.40. The highest BCUT2D eigenvalue weighted by molar-refractivity contribution is 6.43. The minimum atomic E-state index is -0.376. The summed E-state index contributed by atoms with van der Waals surface area (Å²) in [5.74, 6) is -0.630. The van der Waals surface area contributed by atoms with E-state index in [-0.39, 0.29) is 42.8 Å². The van der Waals surface area contributed by atoms with Gasteiger partial charge in [-0.2, -0.15) is 5.10 Å². The van der Waals surface area contributed by atoms with Gasteiger partial charge in [0.25, 0.3) is 5.91 Å². The second kappa shape index (κ2) is 9.14. The van der Waals surface area contributed by atoms with Gasteiger partial charge in [0.15, 0.2) is 0 Å². The van der Waals surface area contributed by atoms with Gasteiger partial charge in [-0.15, -0.1) is 0 Å². The van der Waals surface area contributed by atoms with Crippen LogP contribution in [0.1, 0.15) is 38.2 Å². The van der Waals surface area contributed by atoms with Gasteiger partial charge in [0.05, 0.1) is 0 Å². The van der Waals surface area contributed by atoms with Gasteiger partial charge in [-0.1, -0.05) is 44.2 Å². The molecule has 0 unspecified atom stereocenters. The number of anilines is 2. The molecule has 2 N–H and O–H groups in total. The van der Waals surface area contributed by atoms with E-state index in [4.69, 9.17) is 0 Å². The van der Waals surface area contributed by atoms with E-state index < -0.39 is 0 Å². The second-order valence-electron chi connectivity index (χ2n) is 7.14. The predicted octanol–water partition coefficient (Wildman–Crippen LogP) is 3.37. The maximum absolute atomic E-state index is 12.4. The molecule has 0 bridgehead atoms. The normalized spacial score (nSPS) is 13.8. The highest BCUT2D eigenvalue weighted by atomic mass is 16.2. The van der Waals surface area contributed by atoms with Gasteiger partial charge in [0.1, 0.15) is 12.3 Å². The molecule has 0 saturated heterocycles. The maximum atomic E-state index is 12.4. The quantitative estimate of drug-likeness (QED) is 0.790. The lowest BCUT2D eigenvalue weighted by molar-refractivity contribution is -0.135. The van der Waals surface area contributed by atoms with Crippen molar-refractivity contribution in [3.05, 3.63) is 60.2 Å². The number of nitrogens with one attached hydrogen (secondary N) is 2. The Kier molecular flexibility index (Phi) is 6.39. The van der Waals surface area contributed by atoms with Crippen LogP contribution >= 0.6 is 0 Å². The number of hydrogen-bond donors (Lipinski definition) is 2. The first-order valence-corrected chi connectivity index (χ1v) is 9.56. The third kappa shape index (κ3) is 5.51. The van der Waals surface area contributed by atoms with Crippen LogP contribution in [-0.2, 0) is 14.4 Å². The van der Waals surface area contributed by atoms with E-state index in [9.17, 15) is 14.4 Å². The number of hydrazone groups is 1. The van der Waals surface area contributed by atoms with Crippen molar-refractivity contribution in [1.29, 1.82) is 0 Å². The largest absolute Gasteiger partial charge is 0.324 e. The summed E-state index contributed by atoms with van der Waals surface area (Å²) >= 11 is 0. The molecule has 3 rings (SSSR count). The van der Waals surface area contributed by atoms with Crippen LogP contribution in [0.2, 0.25) is 0 Å². The molecule has 0 aromatic heterocycles. The van der Waals surface area contributed by atoms with Crippen molar-refractivity contribution in [2.75, 3.05) is 17.2 Å². The van der Waals surface area contributed by atoms with Crippen LogP contribution in [0.4, 0.5) is 11.4 Å². The number of nitrogens with zero attached hydrogens (tertiary/aromatic N) is 2. The van der Waals surface area contributed by atoms with Crippen LogP contribution in [0.3, 0.4) is 0 Å². The number of hydrogen-bond acceptors (Lipinski definition) is 4. The molecule has 7 heteroatoms. The van der Waals surface area contributed by atoms with E-state index in [2.05, 4.69) is 29.6 Å². The Morgan fingerprint density at radius 1 is 0.966 bits per heavy atom. The van der Waals surface area contributed by atoms with Crippen LogP contribution in [-0.4, -0.2) is 35.0 Å². The average molecular weight is 392 g/mol. The molecule has 0 radical (unpaired) electrons. The molecule has 150 valence electrons. The smallest absolute Gasteiger partial charge is 0.271 e. The van der Waals surface area contributed by atoms with Gasteiger partial charge in [-0.25, -0.2) is 5.01 Å². The van der Waals surface area contributed by atoms with Crippen molar-refractivity contribution in [1.82, 2.24) is 5.01 Å². The van der Waals surface area contributed by atoms with Gasteiger partial charge >= 0.3 is 0 Å². The van der Waals surface area contributed by atoms with E-state index in [1.807, 2.05) is 42.5 Å². The monoisotopic (exact) mass is 392 g/mol. The molecule has 1 heterocycles. The Hall–Kier alpha value is -3.48. The van der Waals surface area contributed by atoms with Gasteiger partial charge in [0, 0.05) is 24.2 Å². The van der Waals surface area contributed by atoms with Crippen molar-refractivity contribution < 1.29 is 14.4 Å². The molecule has 7 nitrogen and oxygen atoms in total. The molecule has 0 spiro atoms. The van der Waals surface area contributed by atoms with E-state index >= 15 is 0 Å². The van der Waals surface area contributed by atoms with Crippen molar-refractivity contribution in [2.24, 2.45) is 5.10 Å². The Labute approximate surface area is 169 Å². The van der Waals surface area contributed by atoms with Crippen molar-refractivity contribution in [2.45, 2.75) is 32.6 Å². The van der Waals surface area contributed by atoms with Crippen LogP contribution < -0.4 is 10.6 Å². The number of amides is 3. The van der Waals surface area contributed by atoms with Crippen LogP contribution in [0, 0.1) is 0 Å². The Morgan fingerprint density at radius 3 is 2.28 bits per heavy atom.